The van der Waals surface area contributed by atoms with Gasteiger partial charge in [-0.25, -0.2) is 9.97 Å². The molecule has 0 aliphatic carbocycles. The van der Waals surface area contributed by atoms with Gasteiger partial charge in [-0.15, -0.1) is 0 Å². The Labute approximate surface area is 242 Å². The van der Waals surface area contributed by atoms with Gasteiger partial charge in [0.2, 0.25) is 23.7 Å². The van der Waals surface area contributed by atoms with Crippen LogP contribution >= 0.6 is 0 Å². The predicted octanol–water partition coefficient (Wildman–Crippen LogP) is 3.59. The number of carbonyl (C=O) groups is 3. The molecular weight excluding hydrogens is 553 g/mol. The smallest absolute Gasteiger partial charge is 0.433 e. The summed E-state index contributed by atoms with van der Waals surface area (Å²) in [6.45, 7) is 2.13. The summed E-state index contributed by atoms with van der Waals surface area (Å²) in [5, 5.41) is 2.93. The van der Waals surface area contributed by atoms with E-state index >= 15 is 0 Å². The van der Waals surface area contributed by atoms with Crippen LogP contribution in [0.1, 0.15) is 44.2 Å². The van der Waals surface area contributed by atoms with Crippen LogP contribution in [0.3, 0.4) is 0 Å². The van der Waals surface area contributed by atoms with Crippen molar-refractivity contribution in [2.24, 2.45) is 11.8 Å². The zero-order valence-electron chi connectivity index (χ0n) is 23.5. The van der Waals surface area contributed by atoms with Crippen LogP contribution in [0, 0.1) is 11.8 Å². The number of ether oxygens (including phenoxy) is 1. The van der Waals surface area contributed by atoms with E-state index in [0.717, 1.165) is 18.7 Å². The highest BCUT2D eigenvalue weighted by Crippen LogP contribution is 2.31. The third-order valence-electron chi connectivity index (χ3n) is 8.42. The average molecular weight is 589 g/mol. The van der Waals surface area contributed by atoms with Crippen molar-refractivity contribution in [3.63, 3.8) is 0 Å². The molecule has 1 N–H and O–H groups in total. The lowest BCUT2D eigenvalue weighted by Crippen LogP contribution is -2.52. The van der Waals surface area contributed by atoms with Crippen LogP contribution in [0.2, 0.25) is 0 Å². The Kier molecular flexibility index (Phi) is 8.83. The summed E-state index contributed by atoms with van der Waals surface area (Å²) >= 11 is 0. The van der Waals surface area contributed by atoms with Gasteiger partial charge in [-0.2, -0.15) is 13.2 Å². The number of hydrogen-bond donors (Lipinski definition) is 1. The van der Waals surface area contributed by atoms with Gasteiger partial charge in [0, 0.05) is 56.4 Å². The Bertz CT molecular complexity index is 1270. The van der Waals surface area contributed by atoms with Crippen molar-refractivity contribution in [1.82, 2.24) is 19.8 Å². The summed E-state index contributed by atoms with van der Waals surface area (Å²) in [4.78, 5) is 52.5. The normalized spacial score (nSPS) is 20.5. The minimum Gasteiger partial charge on any atom is -0.497 e. The molecule has 1 atom stereocenters. The maximum atomic E-state index is 13.5. The number of rotatable bonds is 6. The molecule has 0 saturated carbocycles. The number of halogens is 3. The summed E-state index contributed by atoms with van der Waals surface area (Å²) < 4.78 is 44.3. The Morgan fingerprint density at radius 3 is 2.19 bits per heavy atom. The van der Waals surface area contributed by atoms with E-state index in [1.807, 2.05) is 0 Å². The topological polar surface area (TPSA) is 108 Å². The van der Waals surface area contributed by atoms with Crippen LogP contribution in [0.25, 0.3) is 0 Å². The van der Waals surface area contributed by atoms with Gasteiger partial charge in [0.15, 0.2) is 0 Å². The minimum atomic E-state index is -4.55. The molecule has 13 heteroatoms. The monoisotopic (exact) mass is 588 g/mol. The zero-order valence-corrected chi connectivity index (χ0v) is 23.5. The Morgan fingerprint density at radius 2 is 1.55 bits per heavy atom. The van der Waals surface area contributed by atoms with Crippen molar-refractivity contribution in [2.75, 3.05) is 50.1 Å². The molecule has 0 bridgehead atoms. The first-order valence-electron chi connectivity index (χ1n) is 14.3. The molecule has 4 heterocycles. The Balaban J connectivity index is 1.11. The highest BCUT2D eigenvalue weighted by Gasteiger charge is 2.41. The number of benzene rings is 1. The van der Waals surface area contributed by atoms with E-state index in [2.05, 4.69) is 15.3 Å². The van der Waals surface area contributed by atoms with Gasteiger partial charge in [0.1, 0.15) is 17.5 Å². The van der Waals surface area contributed by atoms with Crippen LogP contribution in [-0.2, 0) is 20.6 Å². The van der Waals surface area contributed by atoms with Crippen molar-refractivity contribution in [3.8, 4) is 5.75 Å². The number of likely N-dealkylation sites (tertiary alicyclic amines) is 2. The zero-order chi connectivity index (χ0) is 29.9. The molecule has 3 saturated heterocycles. The highest BCUT2D eigenvalue weighted by atomic mass is 19.4. The van der Waals surface area contributed by atoms with E-state index in [1.54, 1.807) is 46.1 Å². The fourth-order valence-corrected chi connectivity index (χ4v) is 6.00. The van der Waals surface area contributed by atoms with Crippen LogP contribution in [-0.4, -0.2) is 83.4 Å². The van der Waals surface area contributed by atoms with Crippen molar-refractivity contribution >= 4 is 29.4 Å². The predicted molar refractivity (Wildman–Crippen MR) is 148 cm³/mol. The molecule has 10 nitrogen and oxygen atoms in total. The summed E-state index contributed by atoms with van der Waals surface area (Å²) in [6.07, 6.45) is -0.135. The Hall–Kier alpha value is -3.90. The number of alkyl halides is 3. The number of nitrogens with zero attached hydrogens (tertiary/aromatic N) is 5. The van der Waals surface area contributed by atoms with E-state index < -0.39 is 17.9 Å². The molecule has 3 amide bonds. The fraction of sp³-hybridized carbons (Fsp3) is 0.552. The third kappa shape index (κ3) is 6.60. The first kappa shape index (κ1) is 29.6. The molecule has 2 aromatic rings. The van der Waals surface area contributed by atoms with Gasteiger partial charge < -0.3 is 24.8 Å². The van der Waals surface area contributed by atoms with E-state index in [4.69, 9.17) is 4.74 Å². The molecular formula is C29H35F3N6O4. The molecule has 3 aliphatic heterocycles. The summed E-state index contributed by atoms with van der Waals surface area (Å²) in [5.74, 6) is -0.0440. The third-order valence-corrected chi connectivity index (χ3v) is 8.42. The molecule has 5 rings (SSSR count). The minimum absolute atomic E-state index is 0.00559. The number of carbonyl (C=O) groups excluding carboxylic acids is 3. The molecule has 0 radical (unpaired) electrons. The second kappa shape index (κ2) is 12.5. The molecule has 3 aliphatic rings. The summed E-state index contributed by atoms with van der Waals surface area (Å²) in [7, 11) is 1.58. The first-order chi connectivity index (χ1) is 20.1. The number of amides is 3. The maximum absolute atomic E-state index is 13.5. The number of nitrogens with one attached hydrogen (secondary N) is 1. The maximum Gasteiger partial charge on any atom is 0.433 e. The van der Waals surface area contributed by atoms with E-state index in [-0.39, 0.29) is 35.5 Å². The fourth-order valence-electron chi connectivity index (χ4n) is 6.00. The number of aromatic nitrogens is 2. The van der Waals surface area contributed by atoms with Crippen LogP contribution < -0.4 is 15.0 Å². The summed E-state index contributed by atoms with van der Waals surface area (Å²) in [5.41, 5.74) is -0.307. The van der Waals surface area contributed by atoms with E-state index in [9.17, 15) is 27.6 Å². The number of anilines is 2. The van der Waals surface area contributed by atoms with Crippen LogP contribution in [0.15, 0.2) is 36.5 Å². The van der Waals surface area contributed by atoms with Gasteiger partial charge in [-0.1, -0.05) is 0 Å². The lowest BCUT2D eigenvalue weighted by atomic mass is 9.94. The lowest BCUT2D eigenvalue weighted by Gasteiger charge is -2.37. The molecule has 1 aromatic heterocycles. The molecule has 0 unspecified atom stereocenters. The van der Waals surface area contributed by atoms with Gasteiger partial charge in [-0.05, 0) is 68.9 Å². The van der Waals surface area contributed by atoms with Gasteiger partial charge in [0.05, 0.1) is 7.11 Å². The first-order valence-corrected chi connectivity index (χ1v) is 14.3. The van der Waals surface area contributed by atoms with Crippen molar-refractivity contribution in [3.05, 3.63) is 42.2 Å². The van der Waals surface area contributed by atoms with E-state index in [0.29, 0.717) is 76.3 Å². The van der Waals surface area contributed by atoms with Gasteiger partial charge in [-0.3, -0.25) is 14.4 Å². The van der Waals surface area contributed by atoms with Crippen LogP contribution in [0.5, 0.6) is 5.75 Å². The van der Waals surface area contributed by atoms with Crippen LogP contribution in [0.4, 0.5) is 24.8 Å². The molecule has 42 heavy (non-hydrogen) atoms. The molecule has 3 fully saturated rings. The molecule has 226 valence electrons. The highest BCUT2D eigenvalue weighted by molar-refractivity contribution is 5.93. The van der Waals surface area contributed by atoms with Gasteiger partial charge >= 0.3 is 6.18 Å². The SMILES string of the molecule is COc1ccc(NC(=O)C2CCN(C(=O)[C@@H]3CCCN3C(=O)C3CCN(c4nccc(C(F)(F)F)n4)CC3)CC2)cc1. The standard InChI is InChI=1S/C29H35F3N6O4/c1-42-22-6-4-21(5-7-22)34-25(39)19-9-15-36(16-10-19)27(41)23-3-2-14-38(23)26(40)20-11-17-37(18-12-20)28-33-13-8-24(35-28)29(30,31)32/h4-8,13,19-20,23H,2-3,9-12,14-18H2,1H3,(H,34,39)/t23-/m0/s1. The second-order valence-electron chi connectivity index (χ2n) is 11.0. The Morgan fingerprint density at radius 1 is 0.881 bits per heavy atom. The number of hydrogen-bond acceptors (Lipinski definition) is 7. The second-order valence-corrected chi connectivity index (χ2v) is 11.0. The number of piperidine rings is 2. The largest absolute Gasteiger partial charge is 0.497 e. The lowest BCUT2D eigenvalue weighted by molar-refractivity contribution is -0.147. The average Bonchev–Trinajstić information content (AvgIpc) is 3.50. The van der Waals surface area contributed by atoms with Gasteiger partial charge in [0.25, 0.3) is 0 Å². The molecule has 1 aromatic carbocycles. The van der Waals surface area contributed by atoms with E-state index in [1.165, 1.54) is 0 Å². The quantitative estimate of drug-likeness (QED) is 0.550. The molecule has 0 spiro atoms. The van der Waals surface area contributed by atoms with Crippen molar-refractivity contribution < 1.29 is 32.3 Å². The van der Waals surface area contributed by atoms with Crippen molar-refractivity contribution in [1.29, 1.82) is 0 Å². The number of methoxy groups -OCH3 is 1. The summed E-state index contributed by atoms with van der Waals surface area (Å²) in [6, 6.07) is 7.43. The van der Waals surface area contributed by atoms with Crippen molar-refractivity contribution in [2.45, 2.75) is 50.7 Å².